The van der Waals surface area contributed by atoms with Crippen LogP contribution in [0.1, 0.15) is 18.9 Å². The van der Waals surface area contributed by atoms with Crippen LogP contribution in [0.3, 0.4) is 0 Å². The number of aromatic hydroxyl groups is 1. The van der Waals surface area contributed by atoms with Gasteiger partial charge in [-0.1, -0.05) is 18.2 Å². The van der Waals surface area contributed by atoms with Crippen molar-refractivity contribution in [2.75, 3.05) is 26.4 Å². The summed E-state index contributed by atoms with van der Waals surface area (Å²) in [5.74, 6) is 0.744. The SMILES string of the molecule is C=CCCOCCNCc1cccc(OCC)c1O. The molecular weight excluding hydrogens is 242 g/mol. The minimum atomic E-state index is 0.212. The third kappa shape index (κ3) is 5.77. The fraction of sp³-hybridized carbons (Fsp3) is 0.467. The summed E-state index contributed by atoms with van der Waals surface area (Å²) in [6.07, 6.45) is 2.71. The molecule has 0 saturated carbocycles. The molecule has 0 aliphatic heterocycles. The molecule has 0 amide bonds. The quantitative estimate of drug-likeness (QED) is 0.504. The number of hydrogen-bond acceptors (Lipinski definition) is 4. The number of nitrogens with one attached hydrogen (secondary N) is 1. The standard InChI is InChI=1S/C15H23NO3/c1-3-5-10-18-11-9-16-12-13-7-6-8-14(15(13)17)19-4-2/h3,6-8,16-17H,1,4-5,9-12H2,2H3. The molecule has 0 aromatic heterocycles. The molecule has 0 fully saturated rings. The Morgan fingerprint density at radius 3 is 2.95 bits per heavy atom. The summed E-state index contributed by atoms with van der Waals surface area (Å²) in [6.45, 7) is 8.77. The van der Waals surface area contributed by atoms with E-state index in [1.54, 1.807) is 6.07 Å². The van der Waals surface area contributed by atoms with Crippen molar-refractivity contribution in [2.24, 2.45) is 0 Å². The zero-order valence-corrected chi connectivity index (χ0v) is 11.5. The van der Waals surface area contributed by atoms with Gasteiger partial charge >= 0.3 is 0 Å². The number of phenols is 1. The van der Waals surface area contributed by atoms with E-state index < -0.39 is 0 Å². The molecule has 0 unspecified atom stereocenters. The van der Waals surface area contributed by atoms with Crippen molar-refractivity contribution in [3.05, 3.63) is 36.4 Å². The topological polar surface area (TPSA) is 50.7 Å². The number of hydrogen-bond donors (Lipinski definition) is 2. The van der Waals surface area contributed by atoms with E-state index in [1.807, 2.05) is 25.1 Å². The molecule has 19 heavy (non-hydrogen) atoms. The molecule has 106 valence electrons. The van der Waals surface area contributed by atoms with Gasteiger partial charge in [-0.2, -0.15) is 0 Å². The zero-order valence-electron chi connectivity index (χ0n) is 11.5. The minimum Gasteiger partial charge on any atom is -0.504 e. The molecule has 0 saturated heterocycles. The highest BCUT2D eigenvalue weighted by Crippen LogP contribution is 2.29. The Morgan fingerprint density at radius 1 is 1.37 bits per heavy atom. The molecule has 0 bridgehead atoms. The first-order valence-corrected chi connectivity index (χ1v) is 6.62. The van der Waals surface area contributed by atoms with Crippen LogP contribution in [0.4, 0.5) is 0 Å². The molecule has 1 rings (SSSR count). The first-order chi connectivity index (χ1) is 9.29. The van der Waals surface area contributed by atoms with Crippen molar-refractivity contribution in [1.82, 2.24) is 5.32 Å². The van der Waals surface area contributed by atoms with Gasteiger partial charge in [0.2, 0.25) is 0 Å². The first-order valence-electron chi connectivity index (χ1n) is 6.62. The second kappa shape index (κ2) is 9.42. The summed E-state index contributed by atoms with van der Waals surface area (Å²) >= 11 is 0. The van der Waals surface area contributed by atoms with Gasteiger partial charge in [-0.05, 0) is 19.4 Å². The second-order valence-electron chi connectivity index (χ2n) is 4.06. The van der Waals surface area contributed by atoms with Crippen LogP contribution in [0.5, 0.6) is 11.5 Å². The predicted octanol–water partition coefficient (Wildman–Crippen LogP) is 2.47. The average molecular weight is 265 g/mol. The number of para-hydroxylation sites is 1. The lowest BCUT2D eigenvalue weighted by molar-refractivity contribution is 0.140. The van der Waals surface area contributed by atoms with Gasteiger partial charge in [-0.15, -0.1) is 6.58 Å². The Bertz CT molecular complexity index is 380. The highest BCUT2D eigenvalue weighted by Gasteiger charge is 2.06. The molecule has 0 aliphatic rings. The molecule has 2 N–H and O–H groups in total. The maximum atomic E-state index is 9.99. The number of benzene rings is 1. The summed E-state index contributed by atoms with van der Waals surface area (Å²) in [6, 6.07) is 5.52. The van der Waals surface area contributed by atoms with Crippen LogP contribution < -0.4 is 10.1 Å². The molecular formula is C15H23NO3. The summed E-state index contributed by atoms with van der Waals surface area (Å²) in [5, 5.41) is 13.2. The van der Waals surface area contributed by atoms with E-state index in [9.17, 15) is 5.11 Å². The van der Waals surface area contributed by atoms with Gasteiger partial charge in [0, 0.05) is 18.7 Å². The fourth-order valence-corrected chi connectivity index (χ4v) is 1.62. The molecule has 0 radical (unpaired) electrons. The van der Waals surface area contributed by atoms with Gasteiger partial charge in [-0.25, -0.2) is 0 Å². The number of phenolic OH excluding ortho intramolecular Hbond substituents is 1. The second-order valence-corrected chi connectivity index (χ2v) is 4.06. The maximum absolute atomic E-state index is 9.99. The monoisotopic (exact) mass is 265 g/mol. The van der Waals surface area contributed by atoms with Gasteiger partial charge in [0.05, 0.1) is 19.8 Å². The third-order valence-electron chi connectivity index (χ3n) is 2.59. The highest BCUT2D eigenvalue weighted by molar-refractivity contribution is 5.45. The van der Waals surface area contributed by atoms with Gasteiger partial charge in [0.1, 0.15) is 0 Å². The summed E-state index contributed by atoms with van der Waals surface area (Å²) in [5.41, 5.74) is 0.831. The van der Waals surface area contributed by atoms with Crippen LogP contribution in [-0.4, -0.2) is 31.5 Å². The van der Waals surface area contributed by atoms with Crippen molar-refractivity contribution in [1.29, 1.82) is 0 Å². The lowest BCUT2D eigenvalue weighted by Gasteiger charge is -2.11. The Morgan fingerprint density at radius 2 is 2.21 bits per heavy atom. The van der Waals surface area contributed by atoms with Crippen LogP contribution in [-0.2, 0) is 11.3 Å². The van der Waals surface area contributed by atoms with Gasteiger partial charge in [-0.3, -0.25) is 0 Å². The van der Waals surface area contributed by atoms with E-state index in [1.165, 1.54) is 0 Å². The summed E-state index contributed by atoms with van der Waals surface area (Å²) in [4.78, 5) is 0. The van der Waals surface area contributed by atoms with Crippen molar-refractivity contribution in [3.63, 3.8) is 0 Å². The lowest BCUT2D eigenvalue weighted by Crippen LogP contribution is -2.19. The molecule has 0 aliphatic carbocycles. The van der Waals surface area contributed by atoms with Gasteiger partial charge in [0.25, 0.3) is 0 Å². The van der Waals surface area contributed by atoms with E-state index in [-0.39, 0.29) is 5.75 Å². The Kier molecular flexibility index (Phi) is 7.70. The maximum Gasteiger partial charge on any atom is 0.162 e. The Balaban J connectivity index is 2.29. The van der Waals surface area contributed by atoms with Crippen LogP contribution in [0, 0.1) is 0 Å². The van der Waals surface area contributed by atoms with E-state index in [0.717, 1.165) is 18.5 Å². The largest absolute Gasteiger partial charge is 0.504 e. The molecule has 1 aromatic carbocycles. The highest BCUT2D eigenvalue weighted by atomic mass is 16.5. The molecule has 4 heteroatoms. The van der Waals surface area contributed by atoms with E-state index in [4.69, 9.17) is 9.47 Å². The number of ether oxygens (including phenoxy) is 2. The van der Waals surface area contributed by atoms with Crippen LogP contribution in [0.2, 0.25) is 0 Å². The third-order valence-corrected chi connectivity index (χ3v) is 2.59. The van der Waals surface area contributed by atoms with Gasteiger partial charge in [0.15, 0.2) is 11.5 Å². The molecule has 4 nitrogen and oxygen atoms in total. The molecule has 0 spiro atoms. The van der Waals surface area contributed by atoms with E-state index in [2.05, 4.69) is 11.9 Å². The van der Waals surface area contributed by atoms with Crippen molar-refractivity contribution in [2.45, 2.75) is 19.9 Å². The van der Waals surface area contributed by atoms with Crippen LogP contribution >= 0.6 is 0 Å². The van der Waals surface area contributed by atoms with E-state index in [0.29, 0.717) is 32.1 Å². The van der Waals surface area contributed by atoms with Crippen molar-refractivity contribution in [3.8, 4) is 11.5 Å². The summed E-state index contributed by atoms with van der Waals surface area (Å²) < 4.78 is 10.7. The lowest BCUT2D eigenvalue weighted by atomic mass is 10.2. The normalized spacial score (nSPS) is 10.4. The fourth-order valence-electron chi connectivity index (χ4n) is 1.62. The predicted molar refractivity (Wildman–Crippen MR) is 76.6 cm³/mol. The first kappa shape index (κ1) is 15.5. The van der Waals surface area contributed by atoms with E-state index >= 15 is 0 Å². The smallest absolute Gasteiger partial charge is 0.162 e. The van der Waals surface area contributed by atoms with Crippen LogP contribution in [0.15, 0.2) is 30.9 Å². The number of rotatable bonds is 10. The van der Waals surface area contributed by atoms with Crippen molar-refractivity contribution < 1.29 is 14.6 Å². The Hall–Kier alpha value is -1.52. The van der Waals surface area contributed by atoms with Gasteiger partial charge < -0.3 is 19.9 Å². The van der Waals surface area contributed by atoms with Crippen molar-refractivity contribution >= 4 is 0 Å². The zero-order chi connectivity index (χ0) is 13.9. The van der Waals surface area contributed by atoms with Crippen LogP contribution in [0.25, 0.3) is 0 Å². The molecule has 0 atom stereocenters. The Labute approximate surface area is 115 Å². The summed E-state index contributed by atoms with van der Waals surface area (Å²) in [7, 11) is 0. The molecule has 0 heterocycles. The average Bonchev–Trinajstić information content (AvgIpc) is 2.42. The minimum absolute atomic E-state index is 0.212. The molecule has 1 aromatic rings.